The number of primary sulfonamides is 1. The minimum atomic E-state index is -3.68. The van der Waals surface area contributed by atoms with Crippen molar-refractivity contribution in [2.75, 3.05) is 13.7 Å². The zero-order valence-corrected chi connectivity index (χ0v) is 19.0. The Morgan fingerprint density at radius 3 is 2.41 bits per heavy atom. The third kappa shape index (κ3) is 6.43. The van der Waals surface area contributed by atoms with Crippen LogP contribution in [0.1, 0.15) is 16.7 Å². The van der Waals surface area contributed by atoms with Crippen LogP contribution in [0.15, 0.2) is 65.6 Å². The number of nitrogens with two attached hydrogens (primary N) is 1. The Balaban J connectivity index is 1.53. The zero-order valence-electron chi connectivity index (χ0n) is 17.5. The molecule has 3 N–H and O–H groups in total. The third-order valence-corrected chi connectivity index (χ3v) is 6.12. The maximum atomic E-state index is 13.9. The quantitative estimate of drug-likeness (QED) is 0.429. The maximum Gasteiger partial charge on any atom is 0.238 e. The van der Waals surface area contributed by atoms with E-state index in [1.807, 2.05) is 12.1 Å². The van der Waals surface area contributed by atoms with Gasteiger partial charge in [0.2, 0.25) is 10.0 Å². The SMILES string of the molecule is COc1cc(CNCCc2ccc(S(N)(=O)=O)cc2)ccc1OCc1c(F)cccc1Cl. The molecule has 0 aliphatic rings. The Morgan fingerprint density at radius 1 is 1.03 bits per heavy atom. The number of hydrogen-bond acceptors (Lipinski definition) is 5. The van der Waals surface area contributed by atoms with Crippen LogP contribution in [0.25, 0.3) is 0 Å². The summed E-state index contributed by atoms with van der Waals surface area (Å²) in [6.07, 6.45) is 0.729. The highest BCUT2D eigenvalue weighted by molar-refractivity contribution is 7.89. The molecule has 0 radical (unpaired) electrons. The zero-order chi connectivity index (χ0) is 23.1. The molecule has 3 aromatic carbocycles. The number of nitrogens with one attached hydrogen (secondary N) is 1. The van der Waals surface area contributed by atoms with E-state index in [0.717, 1.165) is 17.5 Å². The van der Waals surface area contributed by atoms with Crippen molar-refractivity contribution in [2.24, 2.45) is 5.14 Å². The van der Waals surface area contributed by atoms with E-state index in [-0.39, 0.29) is 11.5 Å². The molecule has 3 rings (SSSR count). The van der Waals surface area contributed by atoms with Crippen LogP contribution in [-0.2, 0) is 29.6 Å². The molecule has 0 atom stereocenters. The van der Waals surface area contributed by atoms with Gasteiger partial charge in [0.05, 0.1) is 17.0 Å². The topological polar surface area (TPSA) is 90.6 Å². The molecule has 0 heterocycles. The standard InChI is InChI=1S/C23H24ClFN2O4S/c1-30-23-13-17(7-10-22(23)31-15-19-20(24)3-2-4-21(19)25)14-27-12-11-16-5-8-18(9-6-16)32(26,28)29/h2-10,13,27H,11-12,14-15H2,1H3,(H2,26,28,29). The van der Waals surface area contributed by atoms with Gasteiger partial charge in [-0.05, 0) is 60.5 Å². The highest BCUT2D eigenvalue weighted by Gasteiger charge is 2.11. The summed E-state index contributed by atoms with van der Waals surface area (Å²) in [5.41, 5.74) is 2.28. The van der Waals surface area contributed by atoms with Gasteiger partial charge in [0.25, 0.3) is 0 Å². The van der Waals surface area contributed by atoms with Crippen molar-refractivity contribution < 1.29 is 22.3 Å². The van der Waals surface area contributed by atoms with Crippen molar-refractivity contribution in [1.82, 2.24) is 5.32 Å². The highest BCUT2D eigenvalue weighted by atomic mass is 35.5. The first kappa shape index (κ1) is 24.0. The Hall–Kier alpha value is -2.65. The number of ether oxygens (including phenoxy) is 2. The van der Waals surface area contributed by atoms with Gasteiger partial charge < -0.3 is 14.8 Å². The lowest BCUT2D eigenvalue weighted by atomic mass is 10.1. The number of halogens is 2. The van der Waals surface area contributed by atoms with Crippen molar-refractivity contribution in [2.45, 2.75) is 24.5 Å². The first-order chi connectivity index (χ1) is 15.3. The first-order valence-corrected chi connectivity index (χ1v) is 11.8. The third-order valence-electron chi connectivity index (χ3n) is 4.83. The summed E-state index contributed by atoms with van der Waals surface area (Å²) in [5, 5.41) is 8.75. The van der Waals surface area contributed by atoms with E-state index in [0.29, 0.717) is 35.2 Å². The predicted octanol–water partition coefficient (Wildman–Crippen LogP) is 4.05. The minimum Gasteiger partial charge on any atom is -0.493 e. The molecule has 0 amide bonds. The van der Waals surface area contributed by atoms with Crippen molar-refractivity contribution >= 4 is 21.6 Å². The van der Waals surface area contributed by atoms with Crippen molar-refractivity contribution in [1.29, 1.82) is 0 Å². The van der Waals surface area contributed by atoms with E-state index in [1.54, 1.807) is 37.4 Å². The monoisotopic (exact) mass is 478 g/mol. The Labute approximate surface area is 192 Å². The van der Waals surface area contributed by atoms with Crippen LogP contribution in [0, 0.1) is 5.82 Å². The van der Waals surface area contributed by atoms with Gasteiger partial charge in [-0.1, -0.05) is 35.9 Å². The van der Waals surface area contributed by atoms with Gasteiger partial charge in [0.1, 0.15) is 12.4 Å². The van der Waals surface area contributed by atoms with E-state index in [4.69, 9.17) is 26.2 Å². The second-order valence-corrected chi connectivity index (χ2v) is 9.06. The number of methoxy groups -OCH3 is 1. The van der Waals surface area contributed by atoms with Crippen LogP contribution in [0.2, 0.25) is 5.02 Å². The molecular formula is C23H24ClFN2O4S. The van der Waals surface area contributed by atoms with E-state index in [2.05, 4.69) is 5.32 Å². The van der Waals surface area contributed by atoms with Crippen LogP contribution in [0.4, 0.5) is 4.39 Å². The molecule has 170 valence electrons. The maximum absolute atomic E-state index is 13.9. The molecule has 0 saturated heterocycles. The summed E-state index contributed by atoms with van der Waals surface area (Å²) < 4.78 is 47.7. The van der Waals surface area contributed by atoms with E-state index in [1.165, 1.54) is 18.2 Å². The number of hydrogen-bond donors (Lipinski definition) is 2. The fraction of sp³-hybridized carbons (Fsp3) is 0.217. The molecule has 0 unspecified atom stereocenters. The summed E-state index contributed by atoms with van der Waals surface area (Å²) in [5.74, 6) is 0.609. The number of benzene rings is 3. The predicted molar refractivity (Wildman–Crippen MR) is 122 cm³/mol. The average molecular weight is 479 g/mol. The van der Waals surface area contributed by atoms with Gasteiger partial charge in [-0.25, -0.2) is 17.9 Å². The lowest BCUT2D eigenvalue weighted by Gasteiger charge is -2.14. The molecule has 9 heteroatoms. The molecule has 0 spiro atoms. The smallest absolute Gasteiger partial charge is 0.238 e. The summed E-state index contributed by atoms with van der Waals surface area (Å²) in [6, 6.07) is 16.5. The molecule has 32 heavy (non-hydrogen) atoms. The Morgan fingerprint density at radius 2 is 1.75 bits per heavy atom. The molecule has 0 aliphatic carbocycles. The van der Waals surface area contributed by atoms with Crippen LogP contribution < -0.4 is 19.9 Å². The normalized spacial score (nSPS) is 11.4. The molecular weight excluding hydrogens is 455 g/mol. The van der Waals surface area contributed by atoms with E-state index < -0.39 is 15.8 Å². The number of rotatable bonds is 10. The summed E-state index contributed by atoms with van der Waals surface area (Å²) in [6.45, 7) is 1.29. The van der Waals surface area contributed by atoms with Gasteiger partial charge >= 0.3 is 0 Å². The molecule has 3 aromatic rings. The molecule has 0 aliphatic heterocycles. The van der Waals surface area contributed by atoms with Gasteiger partial charge in [0, 0.05) is 12.1 Å². The second-order valence-electron chi connectivity index (χ2n) is 7.09. The molecule has 6 nitrogen and oxygen atoms in total. The van der Waals surface area contributed by atoms with Crippen molar-refractivity contribution in [3.63, 3.8) is 0 Å². The highest BCUT2D eigenvalue weighted by Crippen LogP contribution is 2.30. The Kier molecular flexibility index (Phi) is 8.09. The van der Waals surface area contributed by atoms with Crippen LogP contribution in [0.5, 0.6) is 11.5 Å². The second kappa shape index (κ2) is 10.8. The fourth-order valence-electron chi connectivity index (χ4n) is 3.07. The lowest BCUT2D eigenvalue weighted by molar-refractivity contribution is 0.279. The summed E-state index contributed by atoms with van der Waals surface area (Å²) >= 11 is 6.05. The summed E-state index contributed by atoms with van der Waals surface area (Å²) in [4.78, 5) is 0.0980. The summed E-state index contributed by atoms with van der Waals surface area (Å²) in [7, 11) is -2.14. The largest absolute Gasteiger partial charge is 0.493 e. The molecule has 0 bridgehead atoms. The van der Waals surface area contributed by atoms with E-state index in [9.17, 15) is 12.8 Å². The average Bonchev–Trinajstić information content (AvgIpc) is 2.76. The van der Waals surface area contributed by atoms with Gasteiger partial charge in [0.15, 0.2) is 11.5 Å². The lowest BCUT2D eigenvalue weighted by Crippen LogP contribution is -2.17. The molecule has 0 saturated carbocycles. The van der Waals surface area contributed by atoms with Crippen LogP contribution >= 0.6 is 11.6 Å². The van der Waals surface area contributed by atoms with Crippen molar-refractivity contribution in [3.05, 3.63) is 88.2 Å². The van der Waals surface area contributed by atoms with Crippen molar-refractivity contribution in [3.8, 4) is 11.5 Å². The molecule has 0 fully saturated rings. The minimum absolute atomic E-state index is 0.0102. The fourth-order valence-corrected chi connectivity index (χ4v) is 3.81. The first-order valence-electron chi connectivity index (χ1n) is 9.83. The Bertz CT molecular complexity index is 1150. The molecule has 0 aromatic heterocycles. The van der Waals surface area contributed by atoms with Crippen LogP contribution in [0.3, 0.4) is 0 Å². The van der Waals surface area contributed by atoms with E-state index >= 15 is 0 Å². The number of sulfonamides is 1. The van der Waals surface area contributed by atoms with Gasteiger partial charge in [-0.2, -0.15) is 0 Å². The van der Waals surface area contributed by atoms with Gasteiger partial charge in [-0.3, -0.25) is 0 Å². The van der Waals surface area contributed by atoms with Gasteiger partial charge in [-0.15, -0.1) is 0 Å². The van der Waals surface area contributed by atoms with Crippen LogP contribution in [-0.4, -0.2) is 22.1 Å².